The van der Waals surface area contributed by atoms with Crippen molar-refractivity contribution >= 4 is 5.97 Å². The number of unbranched alkanes of at least 4 members (excludes halogenated alkanes) is 9. The van der Waals surface area contributed by atoms with Gasteiger partial charge in [0.25, 0.3) is 0 Å². The first kappa shape index (κ1) is 20.7. The molecule has 18 heavy (non-hydrogen) atoms. The second kappa shape index (κ2) is 15.5. The van der Waals surface area contributed by atoms with Crippen molar-refractivity contribution in [3.05, 3.63) is 0 Å². The molecule has 0 aromatic carbocycles. The molecule has 3 nitrogen and oxygen atoms in total. The fourth-order valence-electron chi connectivity index (χ4n) is 1.97. The minimum atomic E-state index is -1.12. The van der Waals surface area contributed by atoms with Crippen LogP contribution in [0, 0.1) is 0 Å². The fourth-order valence-corrected chi connectivity index (χ4v) is 1.97. The summed E-state index contributed by atoms with van der Waals surface area (Å²) in [5, 5.41) is 10.4. The first-order valence-corrected chi connectivity index (χ1v) is 7.15. The van der Waals surface area contributed by atoms with Crippen LogP contribution in [0.2, 0.25) is 0 Å². The van der Waals surface area contributed by atoms with Gasteiger partial charge in [-0.15, -0.1) is 0 Å². The van der Waals surface area contributed by atoms with Crippen molar-refractivity contribution in [3.8, 4) is 0 Å². The third-order valence-electron chi connectivity index (χ3n) is 3.17. The van der Waals surface area contributed by atoms with Gasteiger partial charge in [0.05, 0.1) is 5.97 Å². The van der Waals surface area contributed by atoms with Gasteiger partial charge in [-0.2, -0.15) is 0 Å². The topological polar surface area (TPSA) is 66.2 Å². The average Bonchev–Trinajstić information content (AvgIpc) is 2.31. The molecule has 1 atom stereocenters. The molecule has 0 aliphatic heterocycles. The van der Waals surface area contributed by atoms with Crippen molar-refractivity contribution in [3.63, 3.8) is 0 Å². The van der Waals surface area contributed by atoms with Gasteiger partial charge < -0.3 is 15.6 Å². The Kier molecular flexibility index (Phi) is 17.8. The summed E-state index contributed by atoms with van der Waals surface area (Å²) >= 11 is 0. The maximum atomic E-state index is 10.4. The molecule has 2 N–H and O–H groups in total. The second-order valence-electron chi connectivity index (χ2n) is 4.90. The van der Waals surface area contributed by atoms with Gasteiger partial charge in [-0.1, -0.05) is 71.1 Å². The number of carbonyl (C=O) groups is 1. The van der Waals surface area contributed by atoms with Crippen LogP contribution >= 0.6 is 0 Å². The molecule has 0 fully saturated rings. The number of rotatable bonds is 12. The Labute approximate surface area is 134 Å². The Morgan fingerprint density at radius 3 is 1.72 bits per heavy atom. The van der Waals surface area contributed by atoms with Gasteiger partial charge in [0.15, 0.2) is 0 Å². The summed E-state index contributed by atoms with van der Waals surface area (Å²) in [6, 6.07) is -0.774. The van der Waals surface area contributed by atoms with Crippen molar-refractivity contribution in [2.24, 2.45) is 5.73 Å². The van der Waals surface area contributed by atoms with Gasteiger partial charge in [0, 0.05) is 6.04 Å². The Morgan fingerprint density at radius 2 is 1.33 bits per heavy atom. The zero-order chi connectivity index (χ0) is 12.9. The van der Waals surface area contributed by atoms with E-state index in [9.17, 15) is 9.90 Å². The number of carboxylic acids is 1. The minimum absolute atomic E-state index is 0. The summed E-state index contributed by atoms with van der Waals surface area (Å²) in [5.74, 6) is -1.12. The molecule has 0 bridgehead atoms. The molecule has 4 heteroatoms. The maximum absolute atomic E-state index is 10.4. The molecular formula is C14H28NNaO2. The number of carboxylic acid groups (broad SMARTS) is 1. The average molecular weight is 265 g/mol. The van der Waals surface area contributed by atoms with E-state index in [-0.39, 0.29) is 29.6 Å². The number of aliphatic carboxylic acids is 1. The third kappa shape index (κ3) is 14.5. The van der Waals surface area contributed by atoms with E-state index in [0.717, 1.165) is 12.8 Å². The van der Waals surface area contributed by atoms with Crippen LogP contribution in [0.1, 0.15) is 77.6 Å². The Morgan fingerprint density at radius 1 is 0.944 bits per heavy atom. The quantitative estimate of drug-likeness (QED) is 0.378. The maximum Gasteiger partial charge on any atom is 1.00 e. The van der Waals surface area contributed by atoms with Crippen molar-refractivity contribution in [1.29, 1.82) is 0 Å². The molecule has 1 unspecified atom stereocenters. The molecule has 0 aromatic heterocycles. The largest absolute Gasteiger partial charge is 1.00 e. The van der Waals surface area contributed by atoms with Crippen molar-refractivity contribution in [1.82, 2.24) is 0 Å². The van der Waals surface area contributed by atoms with Crippen LogP contribution in [0.25, 0.3) is 0 Å². The van der Waals surface area contributed by atoms with Crippen LogP contribution in [0.3, 0.4) is 0 Å². The molecule has 0 heterocycles. The SMILES string of the molecule is CCCCCCCCCCCCC(N)C(=O)[O-].[Na+]. The Hall–Kier alpha value is 0.430. The summed E-state index contributed by atoms with van der Waals surface area (Å²) in [6.45, 7) is 2.23. The van der Waals surface area contributed by atoms with Crippen molar-refractivity contribution in [2.45, 2.75) is 83.6 Å². The molecule has 0 aliphatic carbocycles. The monoisotopic (exact) mass is 265 g/mol. The minimum Gasteiger partial charge on any atom is -0.548 e. The van der Waals surface area contributed by atoms with Crippen LogP contribution < -0.4 is 40.4 Å². The van der Waals surface area contributed by atoms with Gasteiger partial charge in [0.2, 0.25) is 0 Å². The van der Waals surface area contributed by atoms with Crippen molar-refractivity contribution < 1.29 is 39.5 Å². The van der Waals surface area contributed by atoms with Crippen LogP contribution in [-0.2, 0) is 4.79 Å². The summed E-state index contributed by atoms with van der Waals surface area (Å²) in [4.78, 5) is 10.4. The Balaban J connectivity index is 0. The first-order valence-electron chi connectivity index (χ1n) is 7.15. The molecule has 0 aliphatic rings. The summed E-state index contributed by atoms with van der Waals surface area (Å²) in [6.07, 6.45) is 13.1. The van der Waals surface area contributed by atoms with E-state index >= 15 is 0 Å². The van der Waals surface area contributed by atoms with Crippen LogP contribution in [0.15, 0.2) is 0 Å². The molecule has 0 saturated carbocycles. The molecule has 0 amide bonds. The van der Waals surface area contributed by atoms with E-state index < -0.39 is 12.0 Å². The molecular weight excluding hydrogens is 237 g/mol. The van der Waals surface area contributed by atoms with Gasteiger partial charge in [-0.3, -0.25) is 0 Å². The fraction of sp³-hybridized carbons (Fsp3) is 0.929. The Bertz CT molecular complexity index is 189. The predicted molar refractivity (Wildman–Crippen MR) is 69.4 cm³/mol. The van der Waals surface area contributed by atoms with Crippen LogP contribution in [0.5, 0.6) is 0 Å². The summed E-state index contributed by atoms with van der Waals surface area (Å²) in [7, 11) is 0. The van der Waals surface area contributed by atoms with Gasteiger partial charge in [0.1, 0.15) is 0 Å². The molecule has 0 saturated heterocycles. The normalized spacial score (nSPS) is 11.9. The molecule has 102 valence electrons. The van der Waals surface area contributed by atoms with Crippen LogP contribution in [0.4, 0.5) is 0 Å². The van der Waals surface area contributed by atoms with Gasteiger partial charge >= 0.3 is 29.6 Å². The number of hydrogen-bond donors (Lipinski definition) is 1. The van der Waals surface area contributed by atoms with Gasteiger partial charge in [-0.25, -0.2) is 0 Å². The van der Waals surface area contributed by atoms with E-state index in [2.05, 4.69) is 6.92 Å². The molecule has 0 rings (SSSR count). The van der Waals surface area contributed by atoms with Gasteiger partial charge in [-0.05, 0) is 6.42 Å². The smallest absolute Gasteiger partial charge is 0.548 e. The number of nitrogens with two attached hydrogens (primary N) is 1. The van der Waals surface area contributed by atoms with E-state index in [0.29, 0.717) is 6.42 Å². The molecule has 0 spiro atoms. The second-order valence-corrected chi connectivity index (χ2v) is 4.90. The standard InChI is InChI=1S/C14H29NO2.Na/c1-2-3-4-5-6-7-8-9-10-11-12-13(15)14(16)17;/h13H,2-12,15H2,1H3,(H,16,17);/q;+1/p-1. The van der Waals surface area contributed by atoms with Crippen molar-refractivity contribution in [2.75, 3.05) is 0 Å². The first-order chi connectivity index (χ1) is 8.18. The summed E-state index contributed by atoms with van der Waals surface area (Å²) < 4.78 is 0. The number of carbonyl (C=O) groups excluding carboxylic acids is 1. The molecule has 0 aromatic rings. The third-order valence-corrected chi connectivity index (χ3v) is 3.17. The van der Waals surface area contributed by atoms with Crippen LogP contribution in [-0.4, -0.2) is 12.0 Å². The molecule has 0 radical (unpaired) electrons. The predicted octanol–water partition coefficient (Wildman–Crippen LogP) is -0.621. The van der Waals surface area contributed by atoms with E-state index in [1.807, 2.05) is 0 Å². The zero-order valence-corrected chi connectivity index (χ0v) is 14.2. The number of hydrogen-bond acceptors (Lipinski definition) is 3. The summed E-state index contributed by atoms with van der Waals surface area (Å²) in [5.41, 5.74) is 5.36. The van der Waals surface area contributed by atoms with E-state index in [1.54, 1.807) is 0 Å². The zero-order valence-electron chi connectivity index (χ0n) is 12.2. The van der Waals surface area contributed by atoms with E-state index in [1.165, 1.54) is 51.4 Å². The van der Waals surface area contributed by atoms with E-state index in [4.69, 9.17) is 5.73 Å².